The SMILES string of the molecule is CC(=O)OCc1[nH]c(=O)c(C(C)C)c(C(=O)c2cc(C)cc(C)c2)c1CC1CC1. The van der Waals surface area contributed by atoms with Crippen LogP contribution in [0.2, 0.25) is 0 Å². The van der Waals surface area contributed by atoms with Crippen molar-refractivity contribution in [1.29, 1.82) is 0 Å². The summed E-state index contributed by atoms with van der Waals surface area (Å²) in [7, 11) is 0. The first-order valence-corrected chi connectivity index (χ1v) is 10.2. The van der Waals surface area contributed by atoms with E-state index < -0.39 is 5.97 Å². The predicted molar refractivity (Wildman–Crippen MR) is 112 cm³/mol. The number of aromatic nitrogens is 1. The summed E-state index contributed by atoms with van der Waals surface area (Å²) in [6.45, 7) is 9.08. The van der Waals surface area contributed by atoms with Crippen LogP contribution in [0, 0.1) is 19.8 Å². The summed E-state index contributed by atoms with van der Waals surface area (Å²) in [6, 6.07) is 5.76. The molecule has 0 atom stereocenters. The molecule has 1 saturated carbocycles. The molecule has 1 fully saturated rings. The van der Waals surface area contributed by atoms with Gasteiger partial charge in [0, 0.05) is 23.6 Å². The number of esters is 1. The highest BCUT2D eigenvalue weighted by atomic mass is 16.5. The van der Waals surface area contributed by atoms with E-state index in [1.807, 2.05) is 45.9 Å². The van der Waals surface area contributed by atoms with Crippen molar-refractivity contribution in [1.82, 2.24) is 4.98 Å². The van der Waals surface area contributed by atoms with Crippen LogP contribution in [-0.2, 0) is 22.6 Å². The van der Waals surface area contributed by atoms with Crippen molar-refractivity contribution in [2.75, 3.05) is 0 Å². The molecule has 5 heteroatoms. The van der Waals surface area contributed by atoms with E-state index in [0.717, 1.165) is 29.5 Å². The maximum atomic E-state index is 13.7. The molecule has 0 unspecified atom stereocenters. The Labute approximate surface area is 171 Å². The number of H-pyrrole nitrogens is 1. The number of hydrogen-bond acceptors (Lipinski definition) is 4. The third-order valence-electron chi connectivity index (χ3n) is 5.34. The van der Waals surface area contributed by atoms with Crippen molar-refractivity contribution in [3.8, 4) is 0 Å². The van der Waals surface area contributed by atoms with E-state index in [1.54, 1.807) is 0 Å². The van der Waals surface area contributed by atoms with Crippen LogP contribution in [0.4, 0.5) is 0 Å². The molecule has 0 aliphatic heterocycles. The van der Waals surface area contributed by atoms with Crippen LogP contribution in [0.15, 0.2) is 23.0 Å². The average Bonchev–Trinajstić information content (AvgIpc) is 3.43. The number of carbonyl (C=O) groups is 2. The summed E-state index contributed by atoms with van der Waals surface area (Å²) < 4.78 is 5.18. The molecule has 1 aliphatic carbocycles. The summed E-state index contributed by atoms with van der Waals surface area (Å²) in [5, 5.41) is 0. The zero-order valence-electron chi connectivity index (χ0n) is 17.8. The van der Waals surface area contributed by atoms with E-state index in [-0.39, 0.29) is 23.9 Å². The van der Waals surface area contributed by atoms with Gasteiger partial charge in [-0.25, -0.2) is 0 Å². The van der Waals surface area contributed by atoms with Crippen molar-refractivity contribution < 1.29 is 14.3 Å². The number of pyridine rings is 1. The molecule has 1 aromatic carbocycles. The molecule has 0 spiro atoms. The minimum absolute atomic E-state index is 0.0296. The van der Waals surface area contributed by atoms with E-state index in [9.17, 15) is 14.4 Å². The normalized spacial score (nSPS) is 13.6. The highest BCUT2D eigenvalue weighted by Gasteiger charge is 2.30. The Morgan fingerprint density at radius 2 is 1.76 bits per heavy atom. The summed E-state index contributed by atoms with van der Waals surface area (Å²) in [6.07, 6.45) is 2.93. The number of rotatable bonds is 7. The summed E-state index contributed by atoms with van der Waals surface area (Å²) in [5.41, 5.74) is 4.68. The Kier molecular flexibility index (Phi) is 6.06. The Balaban J connectivity index is 2.23. The average molecular weight is 395 g/mol. The highest BCUT2D eigenvalue weighted by molar-refractivity contribution is 6.11. The Bertz CT molecular complexity index is 992. The van der Waals surface area contributed by atoms with Gasteiger partial charge in [0.15, 0.2) is 5.78 Å². The fourth-order valence-corrected chi connectivity index (χ4v) is 3.90. The minimum Gasteiger partial charge on any atom is -0.459 e. The van der Waals surface area contributed by atoms with E-state index in [4.69, 9.17) is 4.74 Å². The van der Waals surface area contributed by atoms with Crippen LogP contribution in [0.3, 0.4) is 0 Å². The molecule has 29 heavy (non-hydrogen) atoms. The summed E-state index contributed by atoms with van der Waals surface area (Å²) in [4.78, 5) is 40.9. The highest BCUT2D eigenvalue weighted by Crippen LogP contribution is 2.36. The zero-order chi connectivity index (χ0) is 21.3. The summed E-state index contributed by atoms with van der Waals surface area (Å²) >= 11 is 0. The van der Waals surface area contributed by atoms with Gasteiger partial charge in [-0.05, 0) is 62.6 Å². The van der Waals surface area contributed by atoms with Gasteiger partial charge in [-0.2, -0.15) is 0 Å². The minimum atomic E-state index is -0.418. The number of nitrogens with one attached hydrogen (secondary N) is 1. The quantitative estimate of drug-likeness (QED) is 0.558. The number of carbonyl (C=O) groups excluding carboxylic acids is 2. The fourth-order valence-electron chi connectivity index (χ4n) is 3.90. The molecule has 5 nitrogen and oxygen atoms in total. The van der Waals surface area contributed by atoms with Crippen LogP contribution in [0.25, 0.3) is 0 Å². The van der Waals surface area contributed by atoms with Crippen LogP contribution in [0.1, 0.15) is 83.4 Å². The zero-order valence-corrected chi connectivity index (χ0v) is 17.8. The first kappa shape index (κ1) is 21.0. The predicted octanol–water partition coefficient (Wildman–Crippen LogP) is 4.36. The van der Waals surface area contributed by atoms with Gasteiger partial charge in [0.05, 0.1) is 5.69 Å². The summed E-state index contributed by atoms with van der Waals surface area (Å²) in [5.74, 6) is -0.156. The number of hydrogen-bond donors (Lipinski definition) is 1. The van der Waals surface area contributed by atoms with Crippen molar-refractivity contribution in [2.24, 2.45) is 5.92 Å². The van der Waals surface area contributed by atoms with Crippen LogP contribution >= 0.6 is 0 Å². The second-order valence-electron chi connectivity index (χ2n) is 8.49. The van der Waals surface area contributed by atoms with Crippen LogP contribution < -0.4 is 5.56 Å². The lowest BCUT2D eigenvalue weighted by atomic mass is 9.86. The van der Waals surface area contributed by atoms with Gasteiger partial charge in [0.1, 0.15) is 6.61 Å². The lowest BCUT2D eigenvalue weighted by Crippen LogP contribution is -2.26. The van der Waals surface area contributed by atoms with Crippen LogP contribution in [0.5, 0.6) is 0 Å². The lowest BCUT2D eigenvalue weighted by Gasteiger charge is -2.20. The molecule has 0 saturated heterocycles. The number of aryl methyl sites for hydroxylation is 2. The monoisotopic (exact) mass is 395 g/mol. The third kappa shape index (κ3) is 4.84. The smallest absolute Gasteiger partial charge is 0.303 e. The topological polar surface area (TPSA) is 76.2 Å². The molecule has 1 aliphatic rings. The van der Waals surface area contributed by atoms with Crippen LogP contribution in [-0.4, -0.2) is 16.7 Å². The molecule has 1 N–H and O–H groups in total. The van der Waals surface area contributed by atoms with Crippen molar-refractivity contribution in [3.05, 3.63) is 67.6 Å². The largest absolute Gasteiger partial charge is 0.459 e. The first-order valence-electron chi connectivity index (χ1n) is 10.2. The van der Waals surface area contributed by atoms with Gasteiger partial charge in [-0.1, -0.05) is 31.0 Å². The molecule has 0 radical (unpaired) electrons. The molecule has 154 valence electrons. The van der Waals surface area contributed by atoms with Gasteiger partial charge in [-0.15, -0.1) is 0 Å². The number of aromatic amines is 1. The van der Waals surface area contributed by atoms with E-state index in [0.29, 0.717) is 34.7 Å². The maximum Gasteiger partial charge on any atom is 0.303 e. The second kappa shape index (κ2) is 8.36. The standard InChI is InChI=1S/C24H29NO4/c1-13(2)21-22(23(27)18-9-14(3)8-15(4)10-18)19(11-17-6-7-17)20(25-24(21)28)12-29-16(5)26/h8-10,13,17H,6-7,11-12H2,1-5H3,(H,25,28). The molecular weight excluding hydrogens is 366 g/mol. The molecule has 1 aromatic heterocycles. The number of ether oxygens (including phenoxy) is 1. The Morgan fingerprint density at radius 1 is 1.14 bits per heavy atom. The van der Waals surface area contributed by atoms with E-state index >= 15 is 0 Å². The van der Waals surface area contributed by atoms with Gasteiger partial charge >= 0.3 is 5.97 Å². The Morgan fingerprint density at radius 3 is 2.28 bits per heavy atom. The maximum absolute atomic E-state index is 13.7. The van der Waals surface area contributed by atoms with Crippen molar-refractivity contribution in [3.63, 3.8) is 0 Å². The molecular formula is C24H29NO4. The number of ketones is 1. The molecule has 2 aromatic rings. The van der Waals surface area contributed by atoms with Gasteiger partial charge in [-0.3, -0.25) is 14.4 Å². The first-order chi connectivity index (χ1) is 13.7. The van der Waals surface area contributed by atoms with E-state index in [2.05, 4.69) is 4.98 Å². The third-order valence-corrected chi connectivity index (χ3v) is 5.34. The van der Waals surface area contributed by atoms with E-state index in [1.165, 1.54) is 6.92 Å². The molecule has 0 bridgehead atoms. The second-order valence-corrected chi connectivity index (χ2v) is 8.49. The van der Waals surface area contributed by atoms with Gasteiger partial charge in [0.2, 0.25) is 0 Å². The fraction of sp³-hybridized carbons (Fsp3) is 0.458. The lowest BCUT2D eigenvalue weighted by molar-refractivity contribution is -0.142. The molecule has 3 rings (SSSR count). The Hall–Kier alpha value is -2.69. The molecule has 1 heterocycles. The molecule has 0 amide bonds. The van der Waals surface area contributed by atoms with Gasteiger partial charge < -0.3 is 9.72 Å². The van der Waals surface area contributed by atoms with Crippen molar-refractivity contribution in [2.45, 2.75) is 66.4 Å². The van der Waals surface area contributed by atoms with Crippen molar-refractivity contribution >= 4 is 11.8 Å². The number of benzene rings is 1. The van der Waals surface area contributed by atoms with Gasteiger partial charge in [0.25, 0.3) is 5.56 Å².